The lowest BCUT2D eigenvalue weighted by atomic mass is 10.8. The van der Waals surface area contributed by atoms with E-state index in [1.165, 1.54) is 0 Å². The highest BCUT2D eigenvalue weighted by molar-refractivity contribution is 5.76. The molecule has 0 rings (SSSR count). The van der Waals surface area contributed by atoms with Crippen LogP contribution < -0.4 is 0 Å². The van der Waals surface area contributed by atoms with Crippen LogP contribution in [0.25, 0.3) is 0 Å². The molecule has 0 fully saturated rings. The summed E-state index contributed by atoms with van der Waals surface area (Å²) in [6, 6.07) is 0. The van der Waals surface area contributed by atoms with Gasteiger partial charge in [-0.25, -0.2) is 14.4 Å². The normalized spacial score (nSPS) is 9.37. The first-order valence-corrected chi connectivity index (χ1v) is 5.12. The maximum Gasteiger partial charge on any atom is 0.518 e. The van der Waals surface area contributed by atoms with Gasteiger partial charge in [-0.05, 0) is 0 Å². The summed E-state index contributed by atoms with van der Waals surface area (Å²) < 4.78 is 21.3. The molecular weight excluding hydrogens is 268 g/mol. The van der Waals surface area contributed by atoms with Crippen molar-refractivity contribution < 1.29 is 48.3 Å². The summed E-state index contributed by atoms with van der Waals surface area (Å²) in [4.78, 5) is 32.2. The van der Waals surface area contributed by atoms with Gasteiger partial charge in [0.15, 0.2) is 0 Å². The first-order valence-electron chi connectivity index (χ1n) is 5.12. The van der Waals surface area contributed by atoms with Crippen molar-refractivity contribution in [1.82, 2.24) is 0 Å². The number of hydrogen-bond donors (Lipinski definition) is 2. The third kappa shape index (κ3) is 10.8. The second-order valence-electron chi connectivity index (χ2n) is 2.69. The van der Waals surface area contributed by atoms with Crippen LogP contribution in [-0.2, 0) is 23.7 Å². The quantitative estimate of drug-likeness (QED) is 0.269. The van der Waals surface area contributed by atoms with E-state index in [-0.39, 0.29) is 33.0 Å². The summed E-state index contributed by atoms with van der Waals surface area (Å²) in [5.74, 6) is 0. The van der Waals surface area contributed by atoms with Crippen LogP contribution in [0.1, 0.15) is 0 Å². The standard InChI is InChI=1S/C9H14O10/c10-1-3-15-7(12)17-5-6-18-9(14)19-8(13)16-4-2-11/h10-11H,1-6H2. The van der Waals surface area contributed by atoms with Crippen LogP contribution in [0, 0.1) is 0 Å². The molecule has 0 aromatic heterocycles. The Morgan fingerprint density at radius 1 is 0.632 bits per heavy atom. The van der Waals surface area contributed by atoms with Gasteiger partial charge in [0.1, 0.15) is 26.4 Å². The van der Waals surface area contributed by atoms with Gasteiger partial charge in [0.05, 0.1) is 13.2 Å². The van der Waals surface area contributed by atoms with Crippen LogP contribution in [0.2, 0.25) is 0 Å². The molecule has 0 spiro atoms. The van der Waals surface area contributed by atoms with Crippen molar-refractivity contribution in [3.05, 3.63) is 0 Å². The molecule has 0 heterocycles. The zero-order valence-electron chi connectivity index (χ0n) is 9.90. The van der Waals surface area contributed by atoms with Crippen molar-refractivity contribution in [2.75, 3.05) is 39.6 Å². The number of carbonyl (C=O) groups excluding carboxylic acids is 3. The summed E-state index contributed by atoms with van der Waals surface area (Å²) in [5.41, 5.74) is 0. The van der Waals surface area contributed by atoms with Gasteiger partial charge in [0.2, 0.25) is 0 Å². The van der Waals surface area contributed by atoms with Crippen molar-refractivity contribution in [3.8, 4) is 0 Å². The topological polar surface area (TPSA) is 138 Å². The van der Waals surface area contributed by atoms with E-state index in [9.17, 15) is 14.4 Å². The minimum Gasteiger partial charge on any atom is -0.432 e. The number of aliphatic hydroxyl groups excluding tert-OH is 2. The van der Waals surface area contributed by atoms with E-state index >= 15 is 0 Å². The fourth-order valence-electron chi connectivity index (χ4n) is 0.677. The molecule has 0 aromatic carbocycles. The Hall–Kier alpha value is -2.07. The Balaban J connectivity index is 3.52. The first-order chi connectivity index (χ1) is 9.10. The summed E-state index contributed by atoms with van der Waals surface area (Å²) in [6.07, 6.45) is -3.69. The number of aliphatic hydroxyl groups is 2. The lowest BCUT2D eigenvalue weighted by molar-refractivity contribution is 0.00891. The number of hydrogen-bond acceptors (Lipinski definition) is 10. The van der Waals surface area contributed by atoms with Crippen molar-refractivity contribution >= 4 is 18.5 Å². The summed E-state index contributed by atoms with van der Waals surface area (Å²) >= 11 is 0. The van der Waals surface area contributed by atoms with Crippen molar-refractivity contribution in [3.63, 3.8) is 0 Å². The van der Waals surface area contributed by atoms with Crippen LogP contribution in [0.4, 0.5) is 14.4 Å². The second-order valence-corrected chi connectivity index (χ2v) is 2.69. The maximum atomic E-state index is 10.8. The van der Waals surface area contributed by atoms with Gasteiger partial charge in [-0.2, -0.15) is 0 Å². The zero-order chi connectivity index (χ0) is 14.5. The molecule has 0 saturated carbocycles. The largest absolute Gasteiger partial charge is 0.518 e. The lowest BCUT2D eigenvalue weighted by Crippen LogP contribution is -2.19. The fraction of sp³-hybridized carbons (Fsp3) is 0.667. The second kappa shape index (κ2) is 11.0. The molecule has 0 aliphatic rings. The molecule has 2 N–H and O–H groups in total. The Labute approximate surface area is 107 Å². The zero-order valence-corrected chi connectivity index (χ0v) is 9.90. The van der Waals surface area contributed by atoms with E-state index in [1.54, 1.807) is 0 Å². The van der Waals surface area contributed by atoms with E-state index < -0.39 is 25.1 Å². The average Bonchev–Trinajstić information content (AvgIpc) is 2.39. The van der Waals surface area contributed by atoms with E-state index in [0.717, 1.165) is 0 Å². The molecule has 0 aliphatic heterocycles. The monoisotopic (exact) mass is 282 g/mol. The van der Waals surface area contributed by atoms with E-state index in [4.69, 9.17) is 10.2 Å². The molecule has 10 heteroatoms. The SMILES string of the molecule is O=C(OCCO)OCCOC(=O)OC(=O)OCCO. The summed E-state index contributed by atoms with van der Waals surface area (Å²) in [5, 5.41) is 16.6. The minimum atomic E-state index is -1.34. The Morgan fingerprint density at radius 3 is 1.47 bits per heavy atom. The van der Waals surface area contributed by atoms with E-state index in [0.29, 0.717) is 0 Å². The number of ether oxygens (including phenoxy) is 5. The average molecular weight is 282 g/mol. The number of rotatable bonds is 7. The summed E-state index contributed by atoms with van der Waals surface area (Å²) in [6.45, 7) is -1.95. The minimum absolute atomic E-state index is 0.210. The van der Waals surface area contributed by atoms with Crippen LogP contribution >= 0.6 is 0 Å². The van der Waals surface area contributed by atoms with Gasteiger partial charge in [0.25, 0.3) is 0 Å². The van der Waals surface area contributed by atoms with Gasteiger partial charge in [-0.3, -0.25) is 0 Å². The molecule has 0 bridgehead atoms. The highest BCUT2D eigenvalue weighted by Crippen LogP contribution is 1.92. The molecule has 0 radical (unpaired) electrons. The van der Waals surface area contributed by atoms with Crippen LogP contribution in [0.5, 0.6) is 0 Å². The van der Waals surface area contributed by atoms with Gasteiger partial charge < -0.3 is 33.9 Å². The van der Waals surface area contributed by atoms with Gasteiger partial charge in [-0.1, -0.05) is 0 Å². The molecule has 0 aromatic rings. The third-order valence-electron chi connectivity index (χ3n) is 1.31. The highest BCUT2D eigenvalue weighted by Gasteiger charge is 2.13. The van der Waals surface area contributed by atoms with Crippen LogP contribution in [0.15, 0.2) is 0 Å². The van der Waals surface area contributed by atoms with Gasteiger partial charge in [0, 0.05) is 0 Å². The predicted molar refractivity (Wildman–Crippen MR) is 55.3 cm³/mol. The molecule has 0 unspecified atom stereocenters. The molecule has 0 atom stereocenters. The summed E-state index contributed by atoms with van der Waals surface area (Å²) in [7, 11) is 0. The molecule has 10 nitrogen and oxygen atoms in total. The third-order valence-corrected chi connectivity index (χ3v) is 1.31. The smallest absolute Gasteiger partial charge is 0.432 e. The van der Waals surface area contributed by atoms with Gasteiger partial charge >= 0.3 is 18.5 Å². The Bertz CT molecular complexity index is 289. The Morgan fingerprint density at radius 2 is 1.00 bits per heavy atom. The molecule has 0 amide bonds. The highest BCUT2D eigenvalue weighted by atomic mass is 16.8. The fourth-order valence-corrected chi connectivity index (χ4v) is 0.677. The number of carbonyl (C=O) groups is 3. The van der Waals surface area contributed by atoms with Gasteiger partial charge in [-0.15, -0.1) is 0 Å². The van der Waals surface area contributed by atoms with E-state index in [2.05, 4.69) is 23.7 Å². The van der Waals surface area contributed by atoms with E-state index in [1.807, 2.05) is 0 Å². The molecule has 110 valence electrons. The molecule has 19 heavy (non-hydrogen) atoms. The molecule has 0 aliphatic carbocycles. The van der Waals surface area contributed by atoms with Crippen molar-refractivity contribution in [2.45, 2.75) is 0 Å². The Kier molecular flexibility index (Phi) is 9.84. The lowest BCUT2D eigenvalue weighted by Gasteiger charge is -2.06. The van der Waals surface area contributed by atoms with Crippen LogP contribution in [-0.4, -0.2) is 68.3 Å². The van der Waals surface area contributed by atoms with Crippen molar-refractivity contribution in [1.29, 1.82) is 0 Å². The molecular formula is C9H14O10. The predicted octanol–water partition coefficient (Wildman–Crippen LogP) is -0.586. The maximum absolute atomic E-state index is 10.8. The van der Waals surface area contributed by atoms with Crippen molar-refractivity contribution in [2.24, 2.45) is 0 Å². The molecule has 0 saturated heterocycles. The first kappa shape index (κ1) is 16.9. The van der Waals surface area contributed by atoms with Crippen LogP contribution in [0.3, 0.4) is 0 Å².